The summed E-state index contributed by atoms with van der Waals surface area (Å²) in [6.07, 6.45) is 4.36. The van der Waals surface area contributed by atoms with E-state index in [0.717, 1.165) is 31.4 Å². The molecule has 2 aliphatic rings. The van der Waals surface area contributed by atoms with Gasteiger partial charge in [-0.05, 0) is 83.7 Å². The maximum atomic E-state index is 12.9. The number of carbonyl (C=O) groups excluding carboxylic acids is 1. The monoisotopic (exact) mass is 429 g/mol. The van der Waals surface area contributed by atoms with Gasteiger partial charge in [0.1, 0.15) is 5.60 Å². The predicted octanol–water partition coefficient (Wildman–Crippen LogP) is 5.81. The van der Waals surface area contributed by atoms with Gasteiger partial charge >= 0.3 is 6.09 Å². The number of amides is 1. The summed E-state index contributed by atoms with van der Waals surface area (Å²) < 4.78 is 6.97. The van der Waals surface area contributed by atoms with Gasteiger partial charge in [0.05, 0.1) is 21.3 Å². The van der Waals surface area contributed by atoms with Gasteiger partial charge in [0.2, 0.25) is 0 Å². The van der Waals surface area contributed by atoms with E-state index >= 15 is 0 Å². The van der Waals surface area contributed by atoms with Crippen molar-refractivity contribution in [2.24, 2.45) is 5.92 Å². The number of benzene rings is 1. The minimum absolute atomic E-state index is 0.0615. The zero-order valence-electron chi connectivity index (χ0n) is 19.0. The number of likely N-dealkylation sites (N-methyl/N-ethyl adjacent to an activating group) is 1. The lowest BCUT2D eigenvalue weighted by Crippen LogP contribution is -2.44. The van der Waals surface area contributed by atoms with Crippen molar-refractivity contribution in [3.63, 3.8) is 0 Å². The first-order chi connectivity index (χ1) is 14.2. The molecule has 1 aromatic carbocycles. The molecule has 0 radical (unpaired) electrons. The Morgan fingerprint density at radius 1 is 1.20 bits per heavy atom. The van der Waals surface area contributed by atoms with E-state index in [9.17, 15) is 4.79 Å². The Labute approximate surface area is 184 Å². The number of thiazole rings is 1. The Morgan fingerprint density at radius 3 is 2.73 bits per heavy atom. The molecule has 4 rings (SSSR count). The molecule has 1 unspecified atom stereocenters. The number of hydrogen-bond acceptors (Lipinski definition) is 5. The van der Waals surface area contributed by atoms with Gasteiger partial charge in [0.15, 0.2) is 0 Å². The van der Waals surface area contributed by atoms with Crippen LogP contribution in [0.2, 0.25) is 0 Å². The number of nitrogens with zero attached hydrogens (tertiary/aromatic N) is 3. The lowest BCUT2D eigenvalue weighted by Gasteiger charge is -2.39. The number of fused-ring (bicyclic) bond motifs is 1. The Balaban J connectivity index is 1.59. The summed E-state index contributed by atoms with van der Waals surface area (Å²) in [6.45, 7) is 11.0. The third-order valence-corrected chi connectivity index (χ3v) is 7.43. The molecule has 30 heavy (non-hydrogen) atoms. The zero-order chi connectivity index (χ0) is 21.5. The number of ether oxygens (including phenoxy) is 1. The highest BCUT2D eigenvalue weighted by Crippen LogP contribution is 2.38. The third-order valence-electron chi connectivity index (χ3n) is 6.23. The first kappa shape index (κ1) is 21.6. The maximum absolute atomic E-state index is 12.9. The second-order valence-corrected chi connectivity index (χ2v) is 11.3. The molecule has 3 atom stereocenters. The summed E-state index contributed by atoms with van der Waals surface area (Å²) in [5, 5.41) is 1.26. The molecule has 2 aromatic rings. The van der Waals surface area contributed by atoms with Crippen molar-refractivity contribution in [1.82, 2.24) is 14.8 Å². The van der Waals surface area contributed by atoms with Gasteiger partial charge in [0.25, 0.3) is 0 Å². The summed E-state index contributed by atoms with van der Waals surface area (Å²) in [5.74, 6) is 1.03. The molecule has 164 valence electrons. The third kappa shape index (κ3) is 4.80. The van der Waals surface area contributed by atoms with Crippen LogP contribution in [0.25, 0.3) is 10.2 Å². The molecule has 0 aliphatic carbocycles. The van der Waals surface area contributed by atoms with Crippen LogP contribution in [0, 0.1) is 5.92 Å². The second kappa shape index (κ2) is 8.46. The van der Waals surface area contributed by atoms with E-state index in [4.69, 9.17) is 9.72 Å². The van der Waals surface area contributed by atoms with Gasteiger partial charge < -0.3 is 14.5 Å². The Morgan fingerprint density at radius 2 is 2.00 bits per heavy atom. The standard InChI is InChI=1S/C24H35N3O2S/c1-16-8-10-20(27(14-16)23(28)29-24(2,3)4)17-9-11-21-19(13-17)25-22(30-21)18-7-6-12-26(5)15-18/h9,11,13,16,18,20H,6-8,10,12,14-15H2,1-5H3/t16-,18?,20+/m0/s1. The lowest BCUT2D eigenvalue weighted by molar-refractivity contribution is 0.00365. The van der Waals surface area contributed by atoms with Crippen molar-refractivity contribution in [3.05, 3.63) is 28.8 Å². The van der Waals surface area contributed by atoms with Crippen LogP contribution in [0.1, 0.15) is 75.9 Å². The van der Waals surface area contributed by atoms with E-state index in [-0.39, 0.29) is 12.1 Å². The fourth-order valence-electron chi connectivity index (χ4n) is 4.73. The van der Waals surface area contributed by atoms with E-state index in [1.807, 2.05) is 37.0 Å². The molecule has 2 fully saturated rings. The largest absolute Gasteiger partial charge is 0.444 e. The average molecular weight is 430 g/mol. The zero-order valence-corrected chi connectivity index (χ0v) is 19.8. The predicted molar refractivity (Wildman–Crippen MR) is 123 cm³/mol. The van der Waals surface area contributed by atoms with E-state index in [1.54, 1.807) is 0 Å². The average Bonchev–Trinajstić information content (AvgIpc) is 3.10. The molecule has 2 saturated heterocycles. The molecule has 1 amide bonds. The van der Waals surface area contributed by atoms with Gasteiger partial charge in [-0.1, -0.05) is 13.0 Å². The van der Waals surface area contributed by atoms with Gasteiger partial charge in [-0.15, -0.1) is 11.3 Å². The molecule has 5 nitrogen and oxygen atoms in total. The highest BCUT2D eigenvalue weighted by Gasteiger charge is 2.34. The van der Waals surface area contributed by atoms with Crippen LogP contribution in [-0.4, -0.2) is 53.2 Å². The minimum atomic E-state index is -0.483. The van der Waals surface area contributed by atoms with Crippen molar-refractivity contribution in [3.8, 4) is 0 Å². The Bertz CT molecular complexity index is 903. The van der Waals surface area contributed by atoms with Gasteiger partial charge in [-0.25, -0.2) is 9.78 Å². The second-order valence-electron chi connectivity index (χ2n) is 10.2. The summed E-state index contributed by atoms with van der Waals surface area (Å²) in [5.41, 5.74) is 1.77. The van der Waals surface area contributed by atoms with Crippen molar-refractivity contribution < 1.29 is 9.53 Å². The van der Waals surface area contributed by atoms with Crippen LogP contribution in [0.5, 0.6) is 0 Å². The summed E-state index contributed by atoms with van der Waals surface area (Å²) in [7, 11) is 2.20. The molecule has 2 aliphatic heterocycles. The maximum Gasteiger partial charge on any atom is 0.410 e. The Hall–Kier alpha value is -1.66. The molecular weight excluding hydrogens is 394 g/mol. The van der Waals surface area contributed by atoms with E-state index in [1.165, 1.54) is 34.7 Å². The number of carbonyl (C=O) groups is 1. The first-order valence-electron chi connectivity index (χ1n) is 11.3. The van der Waals surface area contributed by atoms with Crippen molar-refractivity contribution in [1.29, 1.82) is 0 Å². The summed E-state index contributed by atoms with van der Waals surface area (Å²) in [6, 6.07) is 6.66. The highest BCUT2D eigenvalue weighted by atomic mass is 32.1. The smallest absolute Gasteiger partial charge is 0.410 e. The molecule has 0 bridgehead atoms. The van der Waals surface area contributed by atoms with Crippen LogP contribution in [-0.2, 0) is 4.74 Å². The van der Waals surface area contributed by atoms with Crippen LogP contribution in [0.15, 0.2) is 18.2 Å². The van der Waals surface area contributed by atoms with Crippen LogP contribution < -0.4 is 0 Å². The minimum Gasteiger partial charge on any atom is -0.444 e. The number of likely N-dealkylation sites (tertiary alicyclic amines) is 2. The molecule has 0 N–H and O–H groups in total. The molecule has 6 heteroatoms. The fourth-order valence-corrected chi connectivity index (χ4v) is 5.81. The fraction of sp³-hybridized carbons (Fsp3) is 0.667. The first-order valence-corrected chi connectivity index (χ1v) is 12.1. The van der Waals surface area contributed by atoms with Crippen molar-refractivity contribution >= 4 is 27.6 Å². The van der Waals surface area contributed by atoms with E-state index < -0.39 is 5.60 Å². The van der Waals surface area contributed by atoms with Crippen LogP contribution in [0.4, 0.5) is 4.79 Å². The van der Waals surface area contributed by atoms with Gasteiger partial charge in [0, 0.05) is 19.0 Å². The molecule has 3 heterocycles. The van der Waals surface area contributed by atoms with Crippen LogP contribution >= 0.6 is 11.3 Å². The van der Waals surface area contributed by atoms with Crippen molar-refractivity contribution in [2.45, 2.75) is 70.9 Å². The van der Waals surface area contributed by atoms with Gasteiger partial charge in [-0.2, -0.15) is 0 Å². The normalized spacial score (nSPS) is 26.2. The molecule has 0 spiro atoms. The Kier molecular flexibility index (Phi) is 6.08. The number of piperidine rings is 2. The number of rotatable bonds is 2. The summed E-state index contributed by atoms with van der Waals surface area (Å²) in [4.78, 5) is 22.3. The molecule has 1 aromatic heterocycles. The topological polar surface area (TPSA) is 45.7 Å². The lowest BCUT2D eigenvalue weighted by atomic mass is 9.90. The van der Waals surface area contributed by atoms with Crippen molar-refractivity contribution in [2.75, 3.05) is 26.7 Å². The SMILES string of the molecule is C[C@H]1CC[C@H](c2ccc3sc(C4CCCN(C)C4)nc3c2)N(C(=O)OC(C)(C)C)C1. The number of aromatic nitrogens is 1. The van der Waals surface area contributed by atoms with Crippen LogP contribution in [0.3, 0.4) is 0 Å². The molecule has 0 saturated carbocycles. The van der Waals surface area contributed by atoms with E-state index in [0.29, 0.717) is 11.8 Å². The van der Waals surface area contributed by atoms with E-state index in [2.05, 4.69) is 37.1 Å². The molecular formula is C24H35N3O2S. The van der Waals surface area contributed by atoms with Gasteiger partial charge in [-0.3, -0.25) is 0 Å². The quantitative estimate of drug-likeness (QED) is 0.604. The number of hydrogen-bond donors (Lipinski definition) is 0. The highest BCUT2D eigenvalue weighted by molar-refractivity contribution is 7.18. The summed E-state index contributed by atoms with van der Waals surface area (Å²) >= 11 is 1.83.